The Morgan fingerprint density at radius 3 is 2.45 bits per heavy atom. The van der Waals surface area contributed by atoms with Crippen molar-refractivity contribution in [1.29, 1.82) is 0 Å². The highest BCUT2D eigenvalue weighted by Gasteiger charge is 2.19. The molecular formula is C37H35FN4O2. The number of nitrogens with zero attached hydrogens (tertiary/aromatic N) is 4. The van der Waals surface area contributed by atoms with Crippen LogP contribution in [0.15, 0.2) is 94.8 Å². The summed E-state index contributed by atoms with van der Waals surface area (Å²) in [6, 6.07) is 26.2. The fourth-order valence-electron chi connectivity index (χ4n) is 5.83. The van der Waals surface area contributed by atoms with Crippen LogP contribution >= 0.6 is 0 Å². The average Bonchev–Trinajstić information content (AvgIpc) is 3.27. The third-order valence-corrected chi connectivity index (χ3v) is 8.09. The predicted octanol–water partition coefficient (Wildman–Crippen LogP) is 8.23. The van der Waals surface area contributed by atoms with E-state index in [1.165, 1.54) is 10.7 Å². The molecule has 0 bridgehead atoms. The minimum Gasteiger partial charge on any atom is -0.494 e. The molecule has 0 aliphatic heterocycles. The average molecular weight is 587 g/mol. The van der Waals surface area contributed by atoms with Crippen LogP contribution in [0.25, 0.3) is 33.2 Å². The molecule has 6 aromatic rings. The minimum atomic E-state index is -0.265. The first-order valence-corrected chi connectivity index (χ1v) is 14.9. The molecule has 0 spiro atoms. The molecule has 0 fully saturated rings. The number of hydrogen-bond donors (Lipinski definition) is 0. The summed E-state index contributed by atoms with van der Waals surface area (Å²) in [4.78, 5) is 19.0. The molecule has 0 saturated heterocycles. The standard InChI is InChI=1S/C37H35FN4O2/c1-6-44-35-18-24(4)31(20-30(35)23(2)3)36-40-33-16-9-7-15-29(33)37(43)42(36)39-21-32-25(5)41(34-17-10-8-14-28(32)34)22-26-12-11-13-27(38)19-26/h7-21,23H,6,22H2,1-5H3. The number of aromatic nitrogens is 3. The zero-order chi connectivity index (χ0) is 31.0. The predicted molar refractivity (Wildman–Crippen MR) is 177 cm³/mol. The smallest absolute Gasteiger partial charge is 0.282 e. The first-order valence-electron chi connectivity index (χ1n) is 14.9. The summed E-state index contributed by atoms with van der Waals surface area (Å²) < 4.78 is 23.5. The molecule has 2 aromatic heterocycles. The number of para-hydroxylation sites is 2. The first kappa shape index (κ1) is 29.1. The van der Waals surface area contributed by atoms with E-state index in [4.69, 9.17) is 14.8 Å². The van der Waals surface area contributed by atoms with Gasteiger partial charge in [0.1, 0.15) is 11.6 Å². The monoisotopic (exact) mass is 586 g/mol. The van der Waals surface area contributed by atoms with Crippen molar-refractivity contribution in [3.05, 3.63) is 129 Å². The number of rotatable bonds is 8. The van der Waals surface area contributed by atoms with Crippen LogP contribution in [0.4, 0.5) is 4.39 Å². The highest BCUT2D eigenvalue weighted by molar-refractivity contribution is 6.01. The lowest BCUT2D eigenvalue weighted by Crippen LogP contribution is -2.21. The van der Waals surface area contributed by atoms with Crippen LogP contribution in [0, 0.1) is 19.7 Å². The number of hydrogen-bond acceptors (Lipinski definition) is 4. The molecule has 222 valence electrons. The molecule has 0 N–H and O–H groups in total. The summed E-state index contributed by atoms with van der Waals surface area (Å²) in [5.41, 5.74) is 6.88. The molecular weight excluding hydrogens is 551 g/mol. The second-order valence-corrected chi connectivity index (χ2v) is 11.3. The normalized spacial score (nSPS) is 11.8. The number of halogens is 1. The van der Waals surface area contributed by atoms with Gasteiger partial charge < -0.3 is 9.30 Å². The van der Waals surface area contributed by atoms with E-state index in [1.54, 1.807) is 24.4 Å². The Morgan fingerprint density at radius 2 is 1.70 bits per heavy atom. The summed E-state index contributed by atoms with van der Waals surface area (Å²) in [5, 5.41) is 6.32. The van der Waals surface area contributed by atoms with Gasteiger partial charge in [0.05, 0.1) is 23.7 Å². The second kappa shape index (κ2) is 11.9. The minimum absolute atomic E-state index is 0.201. The van der Waals surface area contributed by atoms with Crippen molar-refractivity contribution in [2.75, 3.05) is 6.61 Å². The SMILES string of the molecule is CCOc1cc(C)c(-c2nc3ccccc3c(=O)n2N=Cc2c(C)n(Cc3cccc(F)c3)c3ccccc23)cc1C(C)C. The van der Waals surface area contributed by atoms with Crippen molar-refractivity contribution in [3.63, 3.8) is 0 Å². The lowest BCUT2D eigenvalue weighted by atomic mass is 9.96. The van der Waals surface area contributed by atoms with Crippen LogP contribution in [0.2, 0.25) is 0 Å². The first-order chi connectivity index (χ1) is 21.3. The van der Waals surface area contributed by atoms with Crippen molar-refractivity contribution in [2.24, 2.45) is 5.10 Å². The number of benzene rings is 4. The molecule has 4 aromatic carbocycles. The van der Waals surface area contributed by atoms with Crippen molar-refractivity contribution in [1.82, 2.24) is 14.2 Å². The Morgan fingerprint density at radius 1 is 0.955 bits per heavy atom. The Labute approximate surface area is 256 Å². The second-order valence-electron chi connectivity index (χ2n) is 11.3. The van der Waals surface area contributed by atoms with Gasteiger partial charge in [-0.2, -0.15) is 9.78 Å². The van der Waals surface area contributed by atoms with E-state index >= 15 is 0 Å². The maximum atomic E-state index is 14.0. The van der Waals surface area contributed by atoms with Crippen molar-refractivity contribution >= 4 is 28.0 Å². The zero-order valence-corrected chi connectivity index (χ0v) is 25.6. The number of ether oxygens (including phenoxy) is 1. The Balaban J connectivity index is 1.55. The van der Waals surface area contributed by atoms with Gasteiger partial charge in [0, 0.05) is 34.3 Å². The molecule has 6 nitrogen and oxygen atoms in total. The molecule has 0 saturated carbocycles. The van der Waals surface area contributed by atoms with E-state index in [-0.39, 0.29) is 17.3 Å². The van der Waals surface area contributed by atoms with Gasteiger partial charge in [-0.25, -0.2) is 9.37 Å². The molecule has 0 radical (unpaired) electrons. The Hall–Kier alpha value is -5.04. The summed E-state index contributed by atoms with van der Waals surface area (Å²) in [7, 11) is 0. The number of aryl methyl sites for hydroxylation is 1. The van der Waals surface area contributed by atoms with Gasteiger partial charge in [-0.05, 0) is 85.8 Å². The molecule has 0 unspecified atom stereocenters. The molecule has 0 aliphatic rings. The molecule has 2 heterocycles. The maximum absolute atomic E-state index is 14.0. The molecule has 0 aliphatic carbocycles. The van der Waals surface area contributed by atoms with Crippen LogP contribution in [0.3, 0.4) is 0 Å². The van der Waals surface area contributed by atoms with Gasteiger partial charge in [-0.1, -0.05) is 56.3 Å². The van der Waals surface area contributed by atoms with E-state index in [0.717, 1.165) is 50.2 Å². The quantitative estimate of drug-likeness (QED) is 0.169. The van der Waals surface area contributed by atoms with E-state index in [9.17, 15) is 9.18 Å². The summed E-state index contributed by atoms with van der Waals surface area (Å²) in [5.74, 6) is 1.24. The third kappa shape index (κ3) is 5.30. The Bertz CT molecular complexity index is 2110. The lowest BCUT2D eigenvalue weighted by Gasteiger charge is -2.18. The summed E-state index contributed by atoms with van der Waals surface area (Å²) >= 11 is 0. The van der Waals surface area contributed by atoms with Gasteiger partial charge in [0.15, 0.2) is 5.82 Å². The molecule has 6 rings (SSSR count). The van der Waals surface area contributed by atoms with Crippen molar-refractivity contribution in [2.45, 2.75) is 47.1 Å². The third-order valence-electron chi connectivity index (χ3n) is 8.09. The highest BCUT2D eigenvalue weighted by Crippen LogP contribution is 2.34. The van der Waals surface area contributed by atoms with Crippen LogP contribution in [-0.2, 0) is 6.54 Å². The highest BCUT2D eigenvalue weighted by atomic mass is 19.1. The maximum Gasteiger partial charge on any atom is 0.282 e. The largest absolute Gasteiger partial charge is 0.494 e. The van der Waals surface area contributed by atoms with Gasteiger partial charge in [0.2, 0.25) is 0 Å². The van der Waals surface area contributed by atoms with Crippen molar-refractivity contribution in [3.8, 4) is 17.1 Å². The van der Waals surface area contributed by atoms with Crippen LogP contribution < -0.4 is 10.3 Å². The van der Waals surface area contributed by atoms with Crippen LogP contribution in [0.1, 0.15) is 54.6 Å². The molecule has 0 atom stereocenters. The van der Waals surface area contributed by atoms with E-state index < -0.39 is 0 Å². The lowest BCUT2D eigenvalue weighted by molar-refractivity contribution is 0.335. The fraction of sp³-hybridized carbons (Fsp3) is 0.216. The van der Waals surface area contributed by atoms with Crippen LogP contribution in [0.5, 0.6) is 5.75 Å². The van der Waals surface area contributed by atoms with Gasteiger partial charge >= 0.3 is 0 Å². The summed E-state index contributed by atoms with van der Waals surface area (Å²) in [6.45, 7) is 11.3. The van der Waals surface area contributed by atoms with Gasteiger partial charge in [-0.3, -0.25) is 4.79 Å². The molecule has 0 amide bonds. The zero-order valence-electron chi connectivity index (χ0n) is 25.6. The number of fused-ring (bicyclic) bond motifs is 2. The van der Waals surface area contributed by atoms with Crippen molar-refractivity contribution < 1.29 is 9.13 Å². The summed E-state index contributed by atoms with van der Waals surface area (Å²) in [6.07, 6.45) is 1.74. The van der Waals surface area contributed by atoms with Crippen LogP contribution in [-0.4, -0.2) is 27.0 Å². The Kier molecular flexibility index (Phi) is 7.87. The fourth-order valence-corrected chi connectivity index (χ4v) is 5.83. The topological polar surface area (TPSA) is 61.4 Å². The molecule has 44 heavy (non-hydrogen) atoms. The van der Waals surface area contributed by atoms with E-state index in [1.807, 2.05) is 75.4 Å². The van der Waals surface area contributed by atoms with Gasteiger partial charge in [0.25, 0.3) is 5.56 Å². The molecule has 7 heteroatoms. The van der Waals surface area contributed by atoms with Gasteiger partial charge in [-0.15, -0.1) is 0 Å². The van der Waals surface area contributed by atoms with E-state index in [0.29, 0.717) is 29.9 Å². The van der Waals surface area contributed by atoms with E-state index in [2.05, 4.69) is 24.5 Å².